The SMILES string of the molecule is CCCCCCCCOCCCNCc1ccccc1. The van der Waals surface area contributed by atoms with E-state index in [0.717, 1.165) is 32.7 Å². The van der Waals surface area contributed by atoms with Gasteiger partial charge in [0.1, 0.15) is 0 Å². The molecule has 0 radical (unpaired) electrons. The van der Waals surface area contributed by atoms with Crippen molar-refractivity contribution in [2.75, 3.05) is 19.8 Å². The Morgan fingerprint density at radius 2 is 1.55 bits per heavy atom. The second-order valence-electron chi connectivity index (χ2n) is 5.40. The van der Waals surface area contributed by atoms with Crippen molar-refractivity contribution in [3.63, 3.8) is 0 Å². The van der Waals surface area contributed by atoms with Crippen LogP contribution >= 0.6 is 0 Å². The van der Waals surface area contributed by atoms with Crippen molar-refractivity contribution in [1.82, 2.24) is 5.32 Å². The molecule has 20 heavy (non-hydrogen) atoms. The van der Waals surface area contributed by atoms with Crippen LogP contribution in [0, 0.1) is 0 Å². The van der Waals surface area contributed by atoms with Gasteiger partial charge in [0.15, 0.2) is 0 Å². The molecule has 0 heterocycles. The average Bonchev–Trinajstić information content (AvgIpc) is 2.49. The maximum atomic E-state index is 5.65. The maximum absolute atomic E-state index is 5.65. The Kier molecular flexibility index (Phi) is 11.3. The van der Waals surface area contributed by atoms with Crippen LogP contribution in [0.4, 0.5) is 0 Å². The molecule has 0 saturated carbocycles. The van der Waals surface area contributed by atoms with Crippen LogP contribution in [0.25, 0.3) is 0 Å². The van der Waals surface area contributed by atoms with Crippen molar-refractivity contribution in [2.45, 2.75) is 58.4 Å². The first-order chi connectivity index (χ1) is 9.93. The molecule has 0 unspecified atom stereocenters. The smallest absolute Gasteiger partial charge is 0.0478 e. The van der Waals surface area contributed by atoms with Crippen LogP contribution in [-0.4, -0.2) is 19.8 Å². The number of hydrogen-bond acceptors (Lipinski definition) is 2. The normalized spacial score (nSPS) is 10.8. The predicted molar refractivity (Wildman–Crippen MR) is 87.0 cm³/mol. The Balaban J connectivity index is 1.77. The van der Waals surface area contributed by atoms with Crippen LogP contribution in [0.1, 0.15) is 57.4 Å². The molecule has 114 valence electrons. The minimum Gasteiger partial charge on any atom is -0.381 e. The molecule has 0 amide bonds. The molecule has 1 aromatic carbocycles. The molecule has 0 saturated heterocycles. The zero-order valence-electron chi connectivity index (χ0n) is 13.1. The van der Waals surface area contributed by atoms with E-state index in [4.69, 9.17) is 4.74 Å². The molecule has 0 aliphatic heterocycles. The van der Waals surface area contributed by atoms with Gasteiger partial charge in [-0.25, -0.2) is 0 Å². The van der Waals surface area contributed by atoms with Crippen molar-refractivity contribution in [3.05, 3.63) is 35.9 Å². The van der Waals surface area contributed by atoms with Crippen molar-refractivity contribution >= 4 is 0 Å². The van der Waals surface area contributed by atoms with Gasteiger partial charge < -0.3 is 10.1 Å². The highest BCUT2D eigenvalue weighted by molar-refractivity contribution is 5.14. The van der Waals surface area contributed by atoms with Crippen LogP contribution in [0.15, 0.2) is 30.3 Å². The number of rotatable bonds is 13. The minimum atomic E-state index is 0.886. The molecule has 0 aliphatic carbocycles. The molecule has 1 aromatic rings. The van der Waals surface area contributed by atoms with E-state index in [0.29, 0.717) is 0 Å². The lowest BCUT2D eigenvalue weighted by molar-refractivity contribution is 0.127. The molecule has 0 aliphatic rings. The summed E-state index contributed by atoms with van der Waals surface area (Å²) in [7, 11) is 0. The van der Waals surface area contributed by atoms with Crippen LogP contribution in [0.3, 0.4) is 0 Å². The molecule has 2 heteroatoms. The van der Waals surface area contributed by atoms with Crippen molar-refractivity contribution < 1.29 is 4.74 Å². The number of unbranched alkanes of at least 4 members (excludes halogenated alkanes) is 5. The van der Waals surface area contributed by atoms with Gasteiger partial charge in [-0.3, -0.25) is 0 Å². The third-order valence-electron chi connectivity index (χ3n) is 3.46. The molecular weight excluding hydrogens is 246 g/mol. The average molecular weight is 277 g/mol. The Morgan fingerprint density at radius 3 is 2.35 bits per heavy atom. The number of hydrogen-bond donors (Lipinski definition) is 1. The van der Waals surface area contributed by atoms with Crippen LogP contribution in [-0.2, 0) is 11.3 Å². The van der Waals surface area contributed by atoms with Gasteiger partial charge in [0.25, 0.3) is 0 Å². The van der Waals surface area contributed by atoms with Crippen LogP contribution < -0.4 is 5.32 Å². The zero-order valence-corrected chi connectivity index (χ0v) is 13.1. The van der Waals surface area contributed by atoms with E-state index in [-0.39, 0.29) is 0 Å². The molecule has 0 fully saturated rings. The zero-order chi connectivity index (χ0) is 14.3. The second-order valence-corrected chi connectivity index (χ2v) is 5.40. The third-order valence-corrected chi connectivity index (χ3v) is 3.46. The summed E-state index contributed by atoms with van der Waals surface area (Å²) < 4.78 is 5.65. The predicted octanol–water partition coefficient (Wildman–Crippen LogP) is 4.54. The second kappa shape index (κ2) is 13.1. The Labute approximate surface area is 124 Å². The first-order valence-electron chi connectivity index (χ1n) is 8.26. The fourth-order valence-electron chi connectivity index (χ4n) is 2.21. The fraction of sp³-hybridized carbons (Fsp3) is 0.667. The summed E-state index contributed by atoms with van der Waals surface area (Å²) >= 11 is 0. The van der Waals surface area contributed by atoms with Gasteiger partial charge in [0, 0.05) is 19.8 Å². The molecular formula is C18H31NO. The van der Waals surface area contributed by atoms with Gasteiger partial charge >= 0.3 is 0 Å². The maximum Gasteiger partial charge on any atom is 0.0478 e. The molecule has 0 atom stereocenters. The highest BCUT2D eigenvalue weighted by Gasteiger charge is 1.93. The lowest BCUT2D eigenvalue weighted by Gasteiger charge is -2.06. The van der Waals surface area contributed by atoms with E-state index in [1.165, 1.54) is 44.1 Å². The van der Waals surface area contributed by atoms with Gasteiger partial charge in [0.2, 0.25) is 0 Å². The summed E-state index contributed by atoms with van der Waals surface area (Å²) in [5.74, 6) is 0. The number of benzene rings is 1. The summed E-state index contributed by atoms with van der Waals surface area (Å²) in [6, 6.07) is 10.5. The van der Waals surface area contributed by atoms with E-state index < -0.39 is 0 Å². The summed E-state index contributed by atoms with van der Waals surface area (Å²) in [4.78, 5) is 0. The van der Waals surface area contributed by atoms with Crippen molar-refractivity contribution in [1.29, 1.82) is 0 Å². The van der Waals surface area contributed by atoms with E-state index in [2.05, 4.69) is 42.6 Å². The standard InChI is InChI=1S/C18H31NO/c1-2-3-4-5-6-10-15-20-16-11-14-19-17-18-12-8-7-9-13-18/h7-9,12-13,19H,2-6,10-11,14-17H2,1H3. The molecule has 0 spiro atoms. The Hall–Kier alpha value is -0.860. The molecule has 1 rings (SSSR count). The monoisotopic (exact) mass is 277 g/mol. The van der Waals surface area contributed by atoms with Crippen LogP contribution in [0.2, 0.25) is 0 Å². The largest absolute Gasteiger partial charge is 0.381 e. The fourth-order valence-corrected chi connectivity index (χ4v) is 2.21. The minimum absolute atomic E-state index is 0.886. The molecule has 2 nitrogen and oxygen atoms in total. The number of nitrogens with one attached hydrogen (secondary N) is 1. The van der Waals surface area contributed by atoms with Gasteiger partial charge in [-0.05, 0) is 24.9 Å². The Morgan fingerprint density at radius 1 is 0.850 bits per heavy atom. The third kappa shape index (κ3) is 9.99. The summed E-state index contributed by atoms with van der Waals surface area (Å²) in [5.41, 5.74) is 1.35. The first-order valence-corrected chi connectivity index (χ1v) is 8.26. The lowest BCUT2D eigenvalue weighted by atomic mass is 10.1. The molecule has 0 aromatic heterocycles. The van der Waals surface area contributed by atoms with Gasteiger partial charge in [-0.15, -0.1) is 0 Å². The van der Waals surface area contributed by atoms with Crippen molar-refractivity contribution in [3.8, 4) is 0 Å². The lowest BCUT2D eigenvalue weighted by Crippen LogP contribution is -2.16. The summed E-state index contributed by atoms with van der Waals surface area (Å²) in [6.45, 7) is 6.07. The topological polar surface area (TPSA) is 21.3 Å². The van der Waals surface area contributed by atoms with Gasteiger partial charge in [-0.2, -0.15) is 0 Å². The van der Waals surface area contributed by atoms with E-state index in [1.807, 2.05) is 0 Å². The first kappa shape index (κ1) is 17.2. The summed E-state index contributed by atoms with van der Waals surface area (Å²) in [6.07, 6.45) is 9.12. The Bertz CT molecular complexity index is 300. The highest BCUT2D eigenvalue weighted by atomic mass is 16.5. The van der Waals surface area contributed by atoms with Crippen LogP contribution in [0.5, 0.6) is 0 Å². The van der Waals surface area contributed by atoms with Gasteiger partial charge in [0.05, 0.1) is 0 Å². The van der Waals surface area contributed by atoms with Gasteiger partial charge in [-0.1, -0.05) is 69.4 Å². The molecule has 1 N–H and O–H groups in total. The van der Waals surface area contributed by atoms with E-state index >= 15 is 0 Å². The van der Waals surface area contributed by atoms with E-state index in [1.54, 1.807) is 0 Å². The van der Waals surface area contributed by atoms with E-state index in [9.17, 15) is 0 Å². The number of ether oxygens (including phenoxy) is 1. The quantitative estimate of drug-likeness (QED) is 0.534. The van der Waals surface area contributed by atoms with Crippen molar-refractivity contribution in [2.24, 2.45) is 0 Å². The highest BCUT2D eigenvalue weighted by Crippen LogP contribution is 2.04. The molecule has 0 bridgehead atoms. The summed E-state index contributed by atoms with van der Waals surface area (Å²) in [5, 5.41) is 3.45.